The van der Waals surface area contributed by atoms with E-state index in [0.29, 0.717) is 49.2 Å². The maximum atomic E-state index is 13.1. The number of amides is 1. The molecule has 1 aromatic carbocycles. The fourth-order valence-electron chi connectivity index (χ4n) is 4.75. The van der Waals surface area contributed by atoms with Crippen LogP contribution in [-0.4, -0.2) is 59.3 Å². The van der Waals surface area contributed by atoms with E-state index in [9.17, 15) is 18.0 Å². The molecule has 36 heavy (non-hydrogen) atoms. The van der Waals surface area contributed by atoms with Gasteiger partial charge in [-0.2, -0.15) is 0 Å². The van der Waals surface area contributed by atoms with Gasteiger partial charge in [-0.3, -0.25) is 9.59 Å². The standard InChI is InChI=1S/C26H34N4O5S/c1-4-9-19-16-18(3)24-26(32)27-25(28-30(19)24)21-17-20(11-12-22(21)35-5-2)36(33,34)15-7-6-13-29-14-8-10-23(29)31/h11-12,16-17H,4-10,13-15H2,1-3H3,(H,27,28,32). The summed E-state index contributed by atoms with van der Waals surface area (Å²) in [6, 6.07) is 6.65. The van der Waals surface area contributed by atoms with Gasteiger partial charge in [-0.15, -0.1) is 5.10 Å². The number of carbonyl (C=O) groups excluding carboxylic acids is 1. The third kappa shape index (κ3) is 5.33. The molecule has 1 fully saturated rings. The van der Waals surface area contributed by atoms with E-state index in [0.717, 1.165) is 37.1 Å². The summed E-state index contributed by atoms with van der Waals surface area (Å²) in [5.41, 5.74) is 2.40. The Morgan fingerprint density at radius 2 is 1.94 bits per heavy atom. The molecule has 2 aromatic heterocycles. The molecule has 0 spiro atoms. The quantitative estimate of drug-likeness (QED) is 0.392. The van der Waals surface area contributed by atoms with Gasteiger partial charge in [0.1, 0.15) is 11.3 Å². The minimum absolute atomic E-state index is 0.0249. The van der Waals surface area contributed by atoms with Gasteiger partial charge in [-0.25, -0.2) is 12.9 Å². The van der Waals surface area contributed by atoms with E-state index in [2.05, 4.69) is 17.0 Å². The molecule has 1 amide bonds. The summed E-state index contributed by atoms with van der Waals surface area (Å²) in [7, 11) is -3.58. The number of fused-ring (bicyclic) bond motifs is 1. The lowest BCUT2D eigenvalue weighted by Gasteiger charge is -2.15. The Morgan fingerprint density at radius 3 is 2.64 bits per heavy atom. The van der Waals surface area contributed by atoms with Gasteiger partial charge < -0.3 is 14.6 Å². The van der Waals surface area contributed by atoms with Crippen LogP contribution in [0.2, 0.25) is 0 Å². The molecule has 0 unspecified atom stereocenters. The molecule has 1 saturated heterocycles. The SMILES string of the molecule is CCCc1cc(C)c2c(=O)[nH]c(-c3cc(S(=O)(=O)CCCCN4CCCC4=O)ccc3OCC)nn12. The van der Waals surface area contributed by atoms with Crippen LogP contribution in [0, 0.1) is 6.92 Å². The summed E-state index contributed by atoms with van der Waals surface area (Å²) >= 11 is 0. The molecule has 194 valence electrons. The molecule has 1 aliphatic rings. The van der Waals surface area contributed by atoms with Crippen molar-refractivity contribution in [3.8, 4) is 17.1 Å². The van der Waals surface area contributed by atoms with Gasteiger partial charge in [0.2, 0.25) is 5.91 Å². The van der Waals surface area contributed by atoms with Crippen LogP contribution >= 0.6 is 0 Å². The number of aromatic nitrogens is 3. The van der Waals surface area contributed by atoms with Gasteiger partial charge in [0.05, 0.1) is 22.8 Å². The summed E-state index contributed by atoms with van der Waals surface area (Å²) in [5.74, 6) is 0.830. The predicted molar refractivity (Wildman–Crippen MR) is 138 cm³/mol. The van der Waals surface area contributed by atoms with Crippen molar-refractivity contribution in [2.75, 3.05) is 25.4 Å². The van der Waals surface area contributed by atoms with Crippen LogP contribution in [0.15, 0.2) is 34.0 Å². The first-order valence-electron chi connectivity index (χ1n) is 12.6. The number of aromatic amines is 1. The second-order valence-corrected chi connectivity index (χ2v) is 11.3. The Kier molecular flexibility index (Phi) is 7.82. The fraction of sp³-hybridized carbons (Fsp3) is 0.500. The monoisotopic (exact) mass is 514 g/mol. The Labute approximate surface area is 211 Å². The fourth-order valence-corrected chi connectivity index (χ4v) is 6.14. The largest absolute Gasteiger partial charge is 0.493 e. The number of likely N-dealkylation sites (tertiary alicyclic amines) is 1. The molecule has 0 bridgehead atoms. The van der Waals surface area contributed by atoms with Crippen molar-refractivity contribution in [3.05, 3.63) is 45.9 Å². The van der Waals surface area contributed by atoms with Gasteiger partial charge >= 0.3 is 0 Å². The van der Waals surface area contributed by atoms with Crippen LogP contribution in [-0.2, 0) is 21.1 Å². The zero-order valence-corrected chi connectivity index (χ0v) is 22.0. The smallest absolute Gasteiger partial charge is 0.275 e. The number of nitrogens with one attached hydrogen (secondary N) is 1. The van der Waals surface area contributed by atoms with E-state index in [1.165, 1.54) is 12.1 Å². The number of hydrogen-bond acceptors (Lipinski definition) is 6. The number of H-pyrrole nitrogens is 1. The molecule has 3 aromatic rings. The van der Waals surface area contributed by atoms with Crippen molar-refractivity contribution in [2.24, 2.45) is 0 Å². The van der Waals surface area contributed by atoms with Crippen LogP contribution in [0.25, 0.3) is 16.9 Å². The minimum atomic E-state index is -3.58. The maximum Gasteiger partial charge on any atom is 0.275 e. The van der Waals surface area contributed by atoms with Crippen molar-refractivity contribution >= 4 is 21.3 Å². The number of aryl methyl sites for hydroxylation is 2. The second kappa shape index (κ2) is 10.9. The molecule has 1 N–H and O–H groups in total. The number of rotatable bonds is 11. The van der Waals surface area contributed by atoms with Crippen LogP contribution in [0.4, 0.5) is 0 Å². The van der Waals surface area contributed by atoms with Crippen LogP contribution in [0.3, 0.4) is 0 Å². The van der Waals surface area contributed by atoms with E-state index in [1.807, 2.05) is 19.9 Å². The Hall–Kier alpha value is -3.14. The molecular formula is C26H34N4O5S. The van der Waals surface area contributed by atoms with Gasteiger partial charge in [0.25, 0.3) is 5.56 Å². The van der Waals surface area contributed by atoms with Crippen molar-refractivity contribution in [3.63, 3.8) is 0 Å². The average Bonchev–Trinajstić information content (AvgIpc) is 3.39. The number of carbonyl (C=O) groups is 1. The first-order valence-corrected chi connectivity index (χ1v) is 14.3. The summed E-state index contributed by atoms with van der Waals surface area (Å²) in [6.07, 6.45) is 4.21. The van der Waals surface area contributed by atoms with E-state index in [1.54, 1.807) is 15.5 Å². The summed E-state index contributed by atoms with van der Waals surface area (Å²) in [5, 5.41) is 4.69. The number of hydrogen-bond donors (Lipinski definition) is 1. The molecule has 3 heterocycles. The van der Waals surface area contributed by atoms with E-state index >= 15 is 0 Å². The van der Waals surface area contributed by atoms with E-state index in [4.69, 9.17) is 4.74 Å². The lowest BCUT2D eigenvalue weighted by molar-refractivity contribution is -0.127. The highest BCUT2D eigenvalue weighted by Gasteiger charge is 2.22. The number of ether oxygens (including phenoxy) is 1. The van der Waals surface area contributed by atoms with E-state index in [-0.39, 0.29) is 27.9 Å². The zero-order valence-electron chi connectivity index (χ0n) is 21.2. The number of nitrogens with zero attached hydrogens (tertiary/aromatic N) is 3. The van der Waals surface area contributed by atoms with Crippen molar-refractivity contribution in [1.29, 1.82) is 0 Å². The third-order valence-corrected chi connectivity index (χ3v) is 8.32. The van der Waals surface area contributed by atoms with Gasteiger partial charge in [0, 0.05) is 25.2 Å². The maximum absolute atomic E-state index is 13.1. The molecule has 10 heteroatoms. The van der Waals surface area contributed by atoms with Gasteiger partial charge in [-0.1, -0.05) is 13.3 Å². The van der Waals surface area contributed by atoms with Crippen LogP contribution in [0.1, 0.15) is 57.2 Å². The van der Waals surface area contributed by atoms with E-state index < -0.39 is 9.84 Å². The second-order valence-electron chi connectivity index (χ2n) is 9.23. The predicted octanol–water partition coefficient (Wildman–Crippen LogP) is 3.53. The minimum Gasteiger partial charge on any atom is -0.493 e. The average molecular weight is 515 g/mol. The topological polar surface area (TPSA) is 114 Å². The van der Waals surface area contributed by atoms with Crippen molar-refractivity contribution in [2.45, 2.75) is 64.2 Å². The van der Waals surface area contributed by atoms with Crippen molar-refractivity contribution in [1.82, 2.24) is 19.5 Å². The number of benzene rings is 1. The summed E-state index contributed by atoms with van der Waals surface area (Å²) < 4.78 is 33.7. The molecule has 0 saturated carbocycles. The Balaban J connectivity index is 1.64. The first-order chi connectivity index (χ1) is 17.2. The highest BCUT2D eigenvalue weighted by atomic mass is 32.2. The molecule has 0 aliphatic carbocycles. The Morgan fingerprint density at radius 1 is 1.14 bits per heavy atom. The van der Waals surface area contributed by atoms with Gasteiger partial charge in [-0.05, 0) is 69.4 Å². The number of sulfone groups is 1. The van der Waals surface area contributed by atoms with Crippen LogP contribution in [0.5, 0.6) is 5.75 Å². The molecule has 9 nitrogen and oxygen atoms in total. The highest BCUT2D eigenvalue weighted by molar-refractivity contribution is 7.91. The van der Waals surface area contributed by atoms with Crippen LogP contribution < -0.4 is 10.3 Å². The number of unbranched alkanes of at least 4 members (excludes halogenated alkanes) is 1. The lowest BCUT2D eigenvalue weighted by atomic mass is 10.2. The zero-order chi connectivity index (χ0) is 25.9. The Bertz CT molecular complexity index is 1420. The first kappa shape index (κ1) is 25.9. The molecule has 0 atom stereocenters. The molecular weight excluding hydrogens is 480 g/mol. The lowest BCUT2D eigenvalue weighted by Crippen LogP contribution is -2.26. The molecule has 4 rings (SSSR count). The normalized spacial score (nSPS) is 14.2. The highest BCUT2D eigenvalue weighted by Crippen LogP contribution is 2.31. The van der Waals surface area contributed by atoms with Crippen molar-refractivity contribution < 1.29 is 17.9 Å². The molecule has 0 radical (unpaired) electrons. The van der Waals surface area contributed by atoms with Gasteiger partial charge in [0.15, 0.2) is 15.7 Å². The summed E-state index contributed by atoms with van der Waals surface area (Å²) in [6.45, 7) is 7.50. The summed E-state index contributed by atoms with van der Waals surface area (Å²) in [4.78, 5) is 29.5. The third-order valence-electron chi connectivity index (χ3n) is 6.52. The molecule has 1 aliphatic heterocycles.